The van der Waals surface area contributed by atoms with Crippen LogP contribution in [0.25, 0.3) is 0 Å². The van der Waals surface area contributed by atoms with E-state index in [9.17, 15) is 9.59 Å². The first-order valence-electron chi connectivity index (χ1n) is 5.68. The molecular formula is C12H24O6. The zero-order valence-electron chi connectivity index (χ0n) is 12.2. The Morgan fingerprint density at radius 1 is 1.11 bits per heavy atom. The molecule has 0 amide bonds. The van der Waals surface area contributed by atoms with E-state index < -0.39 is 11.6 Å². The SMILES string of the molecule is CC(C)(C)OOC=O.CCC(C)(C)OOC(C)=O. The molecule has 0 aliphatic heterocycles. The van der Waals surface area contributed by atoms with Gasteiger partial charge < -0.3 is 4.89 Å². The van der Waals surface area contributed by atoms with Crippen molar-refractivity contribution in [1.29, 1.82) is 0 Å². The molecule has 18 heavy (non-hydrogen) atoms. The van der Waals surface area contributed by atoms with E-state index in [1.807, 2.05) is 20.8 Å². The minimum Gasteiger partial charge on any atom is -0.301 e. The maximum atomic E-state index is 10.3. The molecule has 0 N–H and O–H groups in total. The predicted octanol–water partition coefficient (Wildman–Crippen LogP) is 2.56. The third kappa shape index (κ3) is 17.3. The van der Waals surface area contributed by atoms with E-state index in [1.165, 1.54) is 6.92 Å². The fraction of sp³-hybridized carbons (Fsp3) is 0.833. The van der Waals surface area contributed by atoms with Crippen LogP contribution in [-0.2, 0) is 29.1 Å². The largest absolute Gasteiger partial charge is 0.339 e. The molecule has 6 nitrogen and oxygen atoms in total. The van der Waals surface area contributed by atoms with Crippen LogP contribution in [0.4, 0.5) is 0 Å². The lowest BCUT2D eigenvalue weighted by Gasteiger charge is -2.19. The maximum absolute atomic E-state index is 10.3. The molecule has 0 saturated heterocycles. The molecule has 0 radical (unpaired) electrons. The normalized spacial score (nSPS) is 11.1. The Kier molecular flexibility index (Phi) is 9.47. The standard InChI is InChI=1S/C7H14O3.C5H10O3/c1-5-7(3,4)10-9-6(2)8;1-5(2,3)8-7-4-6/h5H2,1-4H3;4H,1-3H3. The fourth-order valence-corrected chi connectivity index (χ4v) is 0.394. The quantitative estimate of drug-likeness (QED) is 0.432. The molecule has 0 rings (SSSR count). The average molecular weight is 264 g/mol. The smallest absolute Gasteiger partial charge is 0.301 e. The summed E-state index contributed by atoms with van der Waals surface area (Å²) in [4.78, 5) is 37.4. The molecule has 0 aliphatic rings. The van der Waals surface area contributed by atoms with Crippen LogP contribution in [0.2, 0.25) is 0 Å². The van der Waals surface area contributed by atoms with Gasteiger partial charge in [0.2, 0.25) is 0 Å². The summed E-state index contributed by atoms with van der Waals surface area (Å²) in [6, 6.07) is 0. The highest BCUT2D eigenvalue weighted by Crippen LogP contribution is 2.13. The van der Waals surface area contributed by atoms with Crippen LogP contribution in [-0.4, -0.2) is 23.6 Å². The first-order valence-corrected chi connectivity index (χ1v) is 5.68. The molecule has 6 heteroatoms. The highest BCUT2D eigenvalue weighted by molar-refractivity contribution is 5.65. The zero-order valence-corrected chi connectivity index (χ0v) is 12.2. The number of carbonyl (C=O) groups is 2. The van der Waals surface area contributed by atoms with Crippen LogP contribution in [0.5, 0.6) is 0 Å². The maximum Gasteiger partial charge on any atom is 0.339 e. The van der Waals surface area contributed by atoms with Gasteiger partial charge in [0, 0.05) is 6.92 Å². The van der Waals surface area contributed by atoms with Gasteiger partial charge in [-0.3, -0.25) is 9.68 Å². The number of hydrogen-bond acceptors (Lipinski definition) is 6. The van der Waals surface area contributed by atoms with Gasteiger partial charge in [-0.25, -0.2) is 4.79 Å². The van der Waals surface area contributed by atoms with Gasteiger partial charge in [-0.2, -0.15) is 9.78 Å². The van der Waals surface area contributed by atoms with Crippen molar-refractivity contribution in [3.8, 4) is 0 Å². The van der Waals surface area contributed by atoms with E-state index >= 15 is 0 Å². The lowest BCUT2D eigenvalue weighted by molar-refractivity contribution is -0.323. The molecule has 0 saturated carbocycles. The highest BCUT2D eigenvalue weighted by atomic mass is 17.2. The summed E-state index contributed by atoms with van der Waals surface area (Å²) in [5.41, 5.74) is -0.771. The van der Waals surface area contributed by atoms with E-state index in [2.05, 4.69) is 14.7 Å². The van der Waals surface area contributed by atoms with Crippen LogP contribution in [0, 0.1) is 0 Å². The molecule has 0 bridgehead atoms. The van der Waals surface area contributed by atoms with Crippen molar-refractivity contribution in [3.05, 3.63) is 0 Å². The summed E-state index contributed by atoms with van der Waals surface area (Å²) in [6.45, 7) is 12.6. The lowest BCUT2D eigenvalue weighted by Crippen LogP contribution is -2.24. The van der Waals surface area contributed by atoms with Gasteiger partial charge in [0.15, 0.2) is 0 Å². The second kappa shape index (κ2) is 8.88. The van der Waals surface area contributed by atoms with Crippen molar-refractivity contribution in [2.45, 2.75) is 66.1 Å². The molecule has 0 aromatic heterocycles. The number of carbonyl (C=O) groups excluding carboxylic acids is 2. The van der Waals surface area contributed by atoms with Crippen LogP contribution < -0.4 is 0 Å². The molecule has 0 atom stereocenters. The monoisotopic (exact) mass is 264 g/mol. The van der Waals surface area contributed by atoms with Crippen molar-refractivity contribution in [2.24, 2.45) is 0 Å². The Hall–Kier alpha value is -1.14. The third-order valence-corrected chi connectivity index (χ3v) is 1.57. The second-order valence-electron chi connectivity index (χ2n) is 5.16. The third-order valence-electron chi connectivity index (χ3n) is 1.57. The van der Waals surface area contributed by atoms with Crippen LogP contribution >= 0.6 is 0 Å². The Bertz CT molecular complexity index is 241. The molecule has 108 valence electrons. The van der Waals surface area contributed by atoms with Gasteiger partial charge in [-0.05, 0) is 41.0 Å². The van der Waals surface area contributed by atoms with Crippen molar-refractivity contribution >= 4 is 12.4 Å². The van der Waals surface area contributed by atoms with Gasteiger partial charge in [0.25, 0.3) is 0 Å². The summed E-state index contributed by atoms with van der Waals surface area (Å²) in [7, 11) is 0. The van der Waals surface area contributed by atoms with Crippen LogP contribution in [0.15, 0.2) is 0 Å². The Balaban J connectivity index is 0. The molecular weight excluding hydrogens is 240 g/mol. The summed E-state index contributed by atoms with van der Waals surface area (Å²) in [5, 5.41) is 0. The van der Waals surface area contributed by atoms with Crippen LogP contribution in [0.3, 0.4) is 0 Å². The van der Waals surface area contributed by atoms with Crippen molar-refractivity contribution in [3.63, 3.8) is 0 Å². The van der Waals surface area contributed by atoms with Gasteiger partial charge in [0.05, 0.1) is 0 Å². The zero-order chi connectivity index (χ0) is 14.8. The van der Waals surface area contributed by atoms with Crippen LogP contribution in [0.1, 0.15) is 54.9 Å². The van der Waals surface area contributed by atoms with Crippen molar-refractivity contribution in [1.82, 2.24) is 0 Å². The van der Waals surface area contributed by atoms with E-state index in [0.29, 0.717) is 0 Å². The number of hydrogen-bond donors (Lipinski definition) is 0. The van der Waals surface area contributed by atoms with E-state index in [4.69, 9.17) is 4.89 Å². The lowest BCUT2D eigenvalue weighted by atomic mass is 10.1. The minimum absolute atomic E-state index is 0.255. The van der Waals surface area contributed by atoms with Gasteiger partial charge in [-0.15, -0.1) is 0 Å². The molecule has 0 heterocycles. The Morgan fingerprint density at radius 2 is 1.61 bits per heavy atom. The van der Waals surface area contributed by atoms with Crippen molar-refractivity contribution < 1.29 is 29.1 Å². The Labute approximate surface area is 108 Å². The fourth-order valence-electron chi connectivity index (χ4n) is 0.394. The topological polar surface area (TPSA) is 71.1 Å². The van der Waals surface area contributed by atoms with E-state index in [1.54, 1.807) is 20.8 Å². The summed E-state index contributed by atoms with van der Waals surface area (Å²) < 4.78 is 0. The first-order chi connectivity index (χ1) is 8.04. The molecule has 0 aromatic rings. The minimum atomic E-state index is -0.415. The van der Waals surface area contributed by atoms with Crippen molar-refractivity contribution in [2.75, 3.05) is 0 Å². The van der Waals surface area contributed by atoms with Gasteiger partial charge in [-0.1, -0.05) is 6.92 Å². The molecule has 0 spiro atoms. The van der Waals surface area contributed by atoms with Gasteiger partial charge in [0.1, 0.15) is 11.2 Å². The first kappa shape index (κ1) is 19.2. The van der Waals surface area contributed by atoms with E-state index in [0.717, 1.165) is 6.42 Å². The summed E-state index contributed by atoms with van der Waals surface area (Å²) in [6.07, 6.45) is 0.806. The molecule has 0 fully saturated rings. The Morgan fingerprint density at radius 3 is 1.83 bits per heavy atom. The molecule has 0 unspecified atom stereocenters. The van der Waals surface area contributed by atoms with E-state index in [-0.39, 0.29) is 12.1 Å². The molecule has 0 aliphatic carbocycles. The second-order valence-corrected chi connectivity index (χ2v) is 5.16. The average Bonchev–Trinajstić information content (AvgIpc) is 2.24. The number of rotatable bonds is 5. The molecule has 0 aromatic carbocycles. The highest BCUT2D eigenvalue weighted by Gasteiger charge is 2.18. The van der Waals surface area contributed by atoms with Gasteiger partial charge >= 0.3 is 12.4 Å². The summed E-state index contributed by atoms with van der Waals surface area (Å²) in [5.74, 6) is -0.415. The predicted molar refractivity (Wildman–Crippen MR) is 65.2 cm³/mol. The summed E-state index contributed by atoms with van der Waals surface area (Å²) >= 11 is 0.